The van der Waals surface area contributed by atoms with Crippen molar-refractivity contribution < 1.29 is 14.5 Å². The summed E-state index contributed by atoms with van der Waals surface area (Å²) in [4.78, 5) is 25.3. The molecule has 0 amide bonds. The molecule has 0 bridgehead atoms. The van der Waals surface area contributed by atoms with E-state index in [1.54, 1.807) is 12.1 Å². The summed E-state index contributed by atoms with van der Waals surface area (Å²) in [6, 6.07) is 14.9. The van der Waals surface area contributed by atoms with Gasteiger partial charge in [0.25, 0.3) is 5.69 Å². The number of carbonyl (C=O) groups is 1. The molecule has 0 unspecified atom stereocenters. The first kappa shape index (κ1) is 22.9. The van der Waals surface area contributed by atoms with Crippen LogP contribution in [-0.4, -0.2) is 41.8 Å². The molecule has 166 valence electrons. The van der Waals surface area contributed by atoms with Gasteiger partial charge in [-0.2, -0.15) is 0 Å². The Morgan fingerprint density at radius 3 is 2.29 bits per heavy atom. The predicted octanol–water partition coefficient (Wildman–Crippen LogP) is 5.61. The zero-order chi connectivity index (χ0) is 22.2. The summed E-state index contributed by atoms with van der Waals surface area (Å²) in [6.45, 7) is 3.47. The Morgan fingerprint density at radius 1 is 1.06 bits per heavy atom. The average Bonchev–Trinajstić information content (AvgIpc) is 2.80. The van der Waals surface area contributed by atoms with Gasteiger partial charge in [-0.05, 0) is 88.4 Å². The second-order valence-electron chi connectivity index (χ2n) is 8.32. The largest absolute Gasteiger partial charge is 0.494 e. The lowest BCUT2D eigenvalue weighted by Crippen LogP contribution is -2.35. The summed E-state index contributed by atoms with van der Waals surface area (Å²) in [5.74, 6) is 1.45. The van der Waals surface area contributed by atoms with Crippen molar-refractivity contribution in [2.75, 3.05) is 20.2 Å². The van der Waals surface area contributed by atoms with Crippen LogP contribution in [0, 0.1) is 10.1 Å². The molecule has 1 saturated carbocycles. The minimum atomic E-state index is -0.351. The number of ether oxygens (including phenoxy) is 1. The molecular formula is C25H32N2O4. The lowest BCUT2D eigenvalue weighted by atomic mass is 9.81. The maximum absolute atomic E-state index is 12.4. The van der Waals surface area contributed by atoms with Gasteiger partial charge in [-0.3, -0.25) is 14.9 Å². The lowest BCUT2D eigenvalue weighted by molar-refractivity contribution is -0.384. The van der Waals surface area contributed by atoms with Gasteiger partial charge in [0.15, 0.2) is 5.78 Å². The first-order valence-corrected chi connectivity index (χ1v) is 11.2. The molecule has 6 nitrogen and oxygen atoms in total. The van der Waals surface area contributed by atoms with E-state index < -0.39 is 0 Å². The Balaban J connectivity index is 1.40. The number of ketones is 1. The molecule has 1 fully saturated rings. The van der Waals surface area contributed by atoms with E-state index in [0.717, 1.165) is 50.0 Å². The van der Waals surface area contributed by atoms with Crippen molar-refractivity contribution in [2.45, 2.75) is 57.4 Å². The molecule has 2 aromatic rings. The number of non-ortho nitro benzene ring substituents is 1. The Labute approximate surface area is 184 Å². The van der Waals surface area contributed by atoms with Crippen LogP contribution in [0.2, 0.25) is 0 Å². The summed E-state index contributed by atoms with van der Waals surface area (Å²) >= 11 is 0. The SMILES string of the molecule is CCOc1ccc(C(=O)CCCN(C)C2CCC(c3ccc([N+](=O)[O-])cc3)CC2)cc1. The van der Waals surface area contributed by atoms with Gasteiger partial charge in [-0.25, -0.2) is 0 Å². The fraction of sp³-hybridized carbons (Fsp3) is 0.480. The highest BCUT2D eigenvalue weighted by Gasteiger charge is 2.25. The van der Waals surface area contributed by atoms with Crippen molar-refractivity contribution in [3.05, 3.63) is 69.8 Å². The number of Topliss-reactive ketones (excluding diaryl/α,β-unsaturated/α-hetero) is 1. The second-order valence-corrected chi connectivity index (χ2v) is 8.32. The van der Waals surface area contributed by atoms with Crippen molar-refractivity contribution in [3.8, 4) is 5.75 Å². The normalized spacial score (nSPS) is 18.7. The fourth-order valence-electron chi connectivity index (χ4n) is 4.44. The van der Waals surface area contributed by atoms with Gasteiger partial charge in [0.05, 0.1) is 11.5 Å². The maximum Gasteiger partial charge on any atom is 0.269 e. The second kappa shape index (κ2) is 11.0. The van der Waals surface area contributed by atoms with Crippen LogP contribution in [0.15, 0.2) is 48.5 Å². The van der Waals surface area contributed by atoms with Gasteiger partial charge >= 0.3 is 0 Å². The molecule has 0 saturated heterocycles. The van der Waals surface area contributed by atoms with Crippen molar-refractivity contribution in [3.63, 3.8) is 0 Å². The van der Waals surface area contributed by atoms with Crippen LogP contribution in [0.3, 0.4) is 0 Å². The number of nitrogens with zero attached hydrogens (tertiary/aromatic N) is 2. The van der Waals surface area contributed by atoms with Crippen LogP contribution in [0.4, 0.5) is 5.69 Å². The zero-order valence-electron chi connectivity index (χ0n) is 18.5. The third kappa shape index (κ3) is 6.37. The van der Waals surface area contributed by atoms with Gasteiger partial charge in [0, 0.05) is 30.2 Å². The Bertz CT molecular complexity index is 856. The molecule has 1 aliphatic rings. The van der Waals surface area contributed by atoms with Crippen LogP contribution in [0.1, 0.15) is 67.3 Å². The van der Waals surface area contributed by atoms with E-state index in [1.807, 2.05) is 43.3 Å². The monoisotopic (exact) mass is 424 g/mol. The molecule has 2 aromatic carbocycles. The van der Waals surface area contributed by atoms with Crippen molar-refractivity contribution >= 4 is 11.5 Å². The molecule has 1 aliphatic carbocycles. The van der Waals surface area contributed by atoms with E-state index in [9.17, 15) is 14.9 Å². The van der Waals surface area contributed by atoms with Gasteiger partial charge in [0.1, 0.15) is 5.75 Å². The van der Waals surface area contributed by atoms with E-state index in [-0.39, 0.29) is 16.4 Å². The Kier molecular flexibility index (Phi) is 8.18. The summed E-state index contributed by atoms with van der Waals surface area (Å²) < 4.78 is 5.43. The average molecular weight is 425 g/mol. The third-order valence-electron chi connectivity index (χ3n) is 6.30. The van der Waals surface area contributed by atoms with Crippen molar-refractivity contribution in [1.29, 1.82) is 0 Å². The smallest absolute Gasteiger partial charge is 0.269 e. The van der Waals surface area contributed by atoms with E-state index >= 15 is 0 Å². The molecule has 0 radical (unpaired) electrons. The highest BCUT2D eigenvalue weighted by atomic mass is 16.6. The highest BCUT2D eigenvalue weighted by Crippen LogP contribution is 2.35. The molecule has 0 N–H and O–H groups in total. The minimum Gasteiger partial charge on any atom is -0.494 e. The highest BCUT2D eigenvalue weighted by molar-refractivity contribution is 5.96. The number of rotatable bonds is 10. The molecule has 0 aromatic heterocycles. The third-order valence-corrected chi connectivity index (χ3v) is 6.30. The standard InChI is InChI=1S/C25H32N2O4/c1-3-31-24-16-10-21(11-17-24)25(28)5-4-18-26(2)22-12-6-19(7-13-22)20-8-14-23(15-9-20)27(29)30/h8-11,14-17,19,22H,3-7,12-13,18H2,1-2H3. The molecule has 3 rings (SSSR count). The summed E-state index contributed by atoms with van der Waals surface area (Å²) in [5, 5.41) is 10.8. The quantitative estimate of drug-likeness (QED) is 0.281. The number of benzene rings is 2. The molecule has 0 atom stereocenters. The summed E-state index contributed by atoms with van der Waals surface area (Å²) in [5.41, 5.74) is 2.10. The molecule has 0 spiro atoms. The number of hydrogen-bond acceptors (Lipinski definition) is 5. The molecule has 0 aliphatic heterocycles. The number of hydrogen-bond donors (Lipinski definition) is 0. The van der Waals surface area contributed by atoms with Gasteiger partial charge in [-0.1, -0.05) is 12.1 Å². The summed E-state index contributed by atoms with van der Waals surface area (Å²) in [6.07, 6.45) is 5.83. The first-order valence-electron chi connectivity index (χ1n) is 11.2. The zero-order valence-corrected chi connectivity index (χ0v) is 18.5. The lowest BCUT2D eigenvalue weighted by Gasteiger charge is -2.35. The van der Waals surface area contributed by atoms with Crippen LogP contribution in [0.5, 0.6) is 5.75 Å². The van der Waals surface area contributed by atoms with Crippen molar-refractivity contribution in [1.82, 2.24) is 4.90 Å². The number of nitro benzene ring substituents is 1. The van der Waals surface area contributed by atoms with E-state index in [2.05, 4.69) is 11.9 Å². The van der Waals surface area contributed by atoms with E-state index in [0.29, 0.717) is 25.0 Å². The Morgan fingerprint density at radius 2 is 1.71 bits per heavy atom. The van der Waals surface area contributed by atoms with Crippen LogP contribution in [0.25, 0.3) is 0 Å². The minimum absolute atomic E-state index is 0.150. The molecule has 0 heterocycles. The summed E-state index contributed by atoms with van der Waals surface area (Å²) in [7, 11) is 2.15. The van der Waals surface area contributed by atoms with Crippen LogP contribution in [-0.2, 0) is 0 Å². The maximum atomic E-state index is 12.4. The number of carbonyl (C=O) groups excluding carboxylic acids is 1. The van der Waals surface area contributed by atoms with Crippen LogP contribution < -0.4 is 4.74 Å². The van der Waals surface area contributed by atoms with Gasteiger partial charge in [0.2, 0.25) is 0 Å². The van der Waals surface area contributed by atoms with Gasteiger partial charge in [-0.15, -0.1) is 0 Å². The molecule has 6 heteroatoms. The first-order chi connectivity index (χ1) is 15.0. The van der Waals surface area contributed by atoms with E-state index in [4.69, 9.17) is 4.74 Å². The number of nitro groups is 1. The van der Waals surface area contributed by atoms with E-state index in [1.165, 1.54) is 5.56 Å². The molecular weight excluding hydrogens is 392 g/mol. The van der Waals surface area contributed by atoms with Gasteiger partial charge < -0.3 is 9.64 Å². The topological polar surface area (TPSA) is 72.7 Å². The van der Waals surface area contributed by atoms with Crippen LogP contribution >= 0.6 is 0 Å². The Hall–Kier alpha value is -2.73. The van der Waals surface area contributed by atoms with Crippen molar-refractivity contribution in [2.24, 2.45) is 0 Å². The predicted molar refractivity (Wildman–Crippen MR) is 122 cm³/mol. The fourth-order valence-corrected chi connectivity index (χ4v) is 4.44. The molecule has 31 heavy (non-hydrogen) atoms.